The normalized spacial score (nSPS) is 31.1. The van der Waals surface area contributed by atoms with E-state index >= 15 is 9.59 Å². The van der Waals surface area contributed by atoms with Crippen molar-refractivity contribution in [3.8, 4) is 0 Å². The van der Waals surface area contributed by atoms with Gasteiger partial charge in [-0.15, -0.1) is 0 Å². The van der Waals surface area contributed by atoms with Crippen molar-refractivity contribution in [3.63, 3.8) is 0 Å². The largest absolute Gasteiger partial charge is 0.550 e. The third-order valence-electron chi connectivity index (χ3n) is 18.8. The van der Waals surface area contributed by atoms with Gasteiger partial charge in [0.1, 0.15) is 24.3 Å². The topological polar surface area (TPSA) is 238 Å². The Morgan fingerprint density at radius 3 is 1.30 bits per heavy atom. The van der Waals surface area contributed by atoms with E-state index < -0.39 is 105 Å². The first-order valence-corrected chi connectivity index (χ1v) is 26.5. The minimum absolute atomic E-state index is 0.0870. The lowest BCUT2D eigenvalue weighted by atomic mass is 9.60. The van der Waals surface area contributed by atoms with Gasteiger partial charge < -0.3 is 39.9 Å². The molecule has 0 radical (unpaired) electrons. The molecule has 74 heavy (non-hydrogen) atoms. The molecule has 2 N–H and O–H groups in total. The van der Waals surface area contributed by atoms with Crippen LogP contribution in [0.25, 0.3) is 0 Å². The molecule has 18 heteroatoms. The van der Waals surface area contributed by atoms with Gasteiger partial charge in [-0.2, -0.15) is 0 Å². The molecule has 2 spiro atoms. The standard InChI is InChI=1S/C56H80N6O12/c1-11-50(7)36-55(38(5)52(9,13-3)61(50)32-34-73-43(65)40-22-17-15-18-23-40)45(67)59(48(71)57-55)30-28-54(47(69)70,27-21-26-42(63)64)29-31-60-46(68)56(58-49(60)72)37-51(8,12-2)62(53(10,14-4)39(56)6)33-35-74-44(66)41-24-19-16-20-25-41/h15-20,22-25,38-39H,11-14,21,26-37H2,1-10H3,(H,57,71)(H,58,72)(H,63,64)(H,69,70)/p-2. The number of nitrogens with one attached hydrogen (secondary N) is 2. The minimum Gasteiger partial charge on any atom is -0.550 e. The molecule has 18 nitrogen and oxygen atoms in total. The average molecular weight is 1030 g/mol. The summed E-state index contributed by atoms with van der Waals surface area (Å²) in [5.74, 6) is -5.88. The van der Waals surface area contributed by atoms with Gasteiger partial charge >= 0.3 is 24.0 Å². The Morgan fingerprint density at radius 1 is 0.595 bits per heavy atom. The molecular weight excluding hydrogens is 949 g/mol. The third-order valence-corrected chi connectivity index (χ3v) is 18.8. The van der Waals surface area contributed by atoms with Crippen LogP contribution in [0.1, 0.15) is 161 Å². The predicted octanol–water partition coefficient (Wildman–Crippen LogP) is 5.08. The summed E-state index contributed by atoms with van der Waals surface area (Å²) in [6.07, 6.45) is 1.08. The number of benzene rings is 2. The molecule has 8 atom stereocenters. The van der Waals surface area contributed by atoms with Crippen molar-refractivity contribution in [1.82, 2.24) is 30.2 Å². The Labute approximate surface area is 436 Å². The number of carbonyl (C=O) groups excluding carboxylic acids is 8. The van der Waals surface area contributed by atoms with Gasteiger partial charge in [0.15, 0.2) is 0 Å². The molecule has 4 heterocycles. The number of rotatable bonds is 23. The highest BCUT2D eigenvalue weighted by atomic mass is 16.5. The molecule has 406 valence electrons. The highest BCUT2D eigenvalue weighted by Crippen LogP contribution is 2.54. The van der Waals surface area contributed by atoms with Crippen LogP contribution in [0.15, 0.2) is 60.7 Å². The zero-order chi connectivity index (χ0) is 54.7. The molecule has 0 bridgehead atoms. The first-order chi connectivity index (χ1) is 34.8. The number of nitrogens with zero attached hydrogens (tertiary/aromatic N) is 4. The van der Waals surface area contributed by atoms with E-state index in [9.17, 15) is 39.0 Å². The number of urea groups is 2. The van der Waals surface area contributed by atoms with Gasteiger partial charge in [0.2, 0.25) is 0 Å². The lowest BCUT2D eigenvalue weighted by Crippen LogP contribution is -2.75. The summed E-state index contributed by atoms with van der Waals surface area (Å²) >= 11 is 0. The zero-order valence-electron chi connectivity index (χ0n) is 45.1. The number of amides is 6. The molecule has 6 amide bonds. The van der Waals surface area contributed by atoms with Crippen LogP contribution in [-0.2, 0) is 28.7 Å². The van der Waals surface area contributed by atoms with E-state index in [1.807, 2.05) is 81.4 Å². The second kappa shape index (κ2) is 22.1. The van der Waals surface area contributed by atoms with E-state index in [-0.39, 0.29) is 64.8 Å². The number of hydrogen-bond donors (Lipinski definition) is 2. The number of hydrogen-bond acceptors (Lipinski definition) is 14. The average Bonchev–Trinajstić information content (AvgIpc) is 3.76. The van der Waals surface area contributed by atoms with E-state index in [1.165, 1.54) is 0 Å². The molecule has 0 aromatic heterocycles. The van der Waals surface area contributed by atoms with Crippen molar-refractivity contribution < 1.29 is 58.0 Å². The number of ether oxygens (including phenoxy) is 2. The highest BCUT2D eigenvalue weighted by Gasteiger charge is 2.68. The van der Waals surface area contributed by atoms with Crippen molar-refractivity contribution in [3.05, 3.63) is 71.8 Å². The summed E-state index contributed by atoms with van der Waals surface area (Å²) in [6.45, 7) is 20.1. The SMILES string of the molecule is CCC1(C)CC2(NC(=O)N(CCC(CCCC(=O)[O-])(CCN3C(=O)NC4(CC(C)(CC)N(CCOC(=O)c5ccccc5)C(C)(CC)C4C)C3=O)C(=O)[O-])C2=O)C(C)C(C)(CC)N1CCOC(=O)c1ccccc1. The lowest BCUT2D eigenvalue weighted by Gasteiger charge is -2.63. The smallest absolute Gasteiger partial charge is 0.338 e. The summed E-state index contributed by atoms with van der Waals surface area (Å²) in [7, 11) is 0. The molecule has 6 rings (SSSR count). The first kappa shape index (κ1) is 57.4. The van der Waals surface area contributed by atoms with E-state index in [4.69, 9.17) is 9.47 Å². The quantitative estimate of drug-likeness (QED) is 0.109. The molecule has 0 aliphatic carbocycles. The van der Waals surface area contributed by atoms with Gasteiger partial charge in [-0.3, -0.25) is 29.2 Å². The maximum atomic E-state index is 15.0. The molecule has 4 fully saturated rings. The van der Waals surface area contributed by atoms with Crippen molar-refractivity contribution in [1.29, 1.82) is 0 Å². The minimum atomic E-state index is -1.90. The first-order valence-electron chi connectivity index (χ1n) is 26.5. The molecule has 2 aromatic rings. The molecule has 4 aliphatic heterocycles. The van der Waals surface area contributed by atoms with Gasteiger partial charge in [0.05, 0.1) is 11.1 Å². The van der Waals surface area contributed by atoms with Gasteiger partial charge in [0, 0.05) is 77.5 Å². The van der Waals surface area contributed by atoms with Gasteiger partial charge in [-0.05, 0) is 123 Å². The molecule has 8 unspecified atom stereocenters. The molecule has 2 aromatic carbocycles. The van der Waals surface area contributed by atoms with Crippen LogP contribution in [0.4, 0.5) is 9.59 Å². The van der Waals surface area contributed by atoms with E-state index in [1.54, 1.807) is 48.5 Å². The maximum Gasteiger partial charge on any atom is 0.338 e. The van der Waals surface area contributed by atoms with E-state index in [0.29, 0.717) is 49.9 Å². The summed E-state index contributed by atoms with van der Waals surface area (Å²) in [4.78, 5) is 116. The number of piperidine rings is 2. The summed E-state index contributed by atoms with van der Waals surface area (Å²) < 4.78 is 11.4. The van der Waals surface area contributed by atoms with Crippen molar-refractivity contribution >= 4 is 47.8 Å². The number of imide groups is 2. The van der Waals surface area contributed by atoms with Crippen LogP contribution in [0.2, 0.25) is 0 Å². The Bertz CT molecular complexity index is 2290. The second-order valence-corrected chi connectivity index (χ2v) is 22.2. The summed E-state index contributed by atoms with van der Waals surface area (Å²) in [6, 6.07) is 16.0. The predicted molar refractivity (Wildman–Crippen MR) is 271 cm³/mol. The third kappa shape index (κ3) is 10.3. The van der Waals surface area contributed by atoms with Gasteiger partial charge in [-0.25, -0.2) is 19.2 Å². The number of esters is 2. The van der Waals surface area contributed by atoms with Crippen LogP contribution >= 0.6 is 0 Å². The number of likely N-dealkylation sites (tertiary alicyclic amines) is 2. The molecular formula is C56H78N6O12-2. The van der Waals surface area contributed by atoms with Gasteiger partial charge in [0.25, 0.3) is 11.8 Å². The van der Waals surface area contributed by atoms with Crippen molar-refractivity contribution in [2.75, 3.05) is 39.4 Å². The molecule has 4 aliphatic rings. The summed E-state index contributed by atoms with van der Waals surface area (Å²) in [5, 5.41) is 31.4. The lowest BCUT2D eigenvalue weighted by molar-refractivity contribution is -0.321. The van der Waals surface area contributed by atoms with Crippen LogP contribution in [0.3, 0.4) is 0 Å². The zero-order valence-corrected chi connectivity index (χ0v) is 45.1. The number of carbonyl (C=O) groups is 8. The Kier molecular flexibility index (Phi) is 17.2. The van der Waals surface area contributed by atoms with Crippen LogP contribution in [0.5, 0.6) is 0 Å². The number of carboxylic acids is 2. The Morgan fingerprint density at radius 2 is 0.973 bits per heavy atom. The number of carboxylic acid groups (broad SMARTS) is 2. The number of aliphatic carboxylic acids is 2. The van der Waals surface area contributed by atoms with Crippen LogP contribution in [-0.4, -0.2) is 140 Å². The fourth-order valence-corrected chi connectivity index (χ4v) is 13.3. The Hall–Kier alpha value is -5.88. The van der Waals surface area contributed by atoms with Crippen LogP contribution in [0, 0.1) is 17.3 Å². The molecule has 4 saturated heterocycles. The van der Waals surface area contributed by atoms with E-state index in [2.05, 4.69) is 20.4 Å². The second-order valence-electron chi connectivity index (χ2n) is 22.2. The monoisotopic (exact) mass is 1030 g/mol. The van der Waals surface area contributed by atoms with Crippen molar-refractivity contribution in [2.24, 2.45) is 17.3 Å². The Balaban J connectivity index is 1.21. The fourth-order valence-electron chi connectivity index (χ4n) is 13.3. The molecule has 0 saturated carbocycles. The van der Waals surface area contributed by atoms with Gasteiger partial charge in [-0.1, -0.05) is 77.9 Å². The van der Waals surface area contributed by atoms with Crippen LogP contribution < -0.4 is 20.8 Å². The maximum absolute atomic E-state index is 15.0. The highest BCUT2D eigenvalue weighted by molar-refractivity contribution is 6.08. The summed E-state index contributed by atoms with van der Waals surface area (Å²) in [5.41, 5.74) is -6.57. The van der Waals surface area contributed by atoms with E-state index in [0.717, 1.165) is 9.80 Å². The fraction of sp³-hybridized carbons (Fsp3) is 0.643. The van der Waals surface area contributed by atoms with Crippen molar-refractivity contribution in [2.45, 2.75) is 173 Å².